The first-order valence-electron chi connectivity index (χ1n) is 5.39. The SMILES string of the molecule is O=C(O)O[C@H]1CCC[C@@H]1SSc1ccccn1. The largest absolute Gasteiger partial charge is 0.506 e. The van der Waals surface area contributed by atoms with Crippen molar-refractivity contribution in [3.05, 3.63) is 24.4 Å². The molecule has 0 bridgehead atoms. The van der Waals surface area contributed by atoms with Crippen LogP contribution in [-0.4, -0.2) is 27.6 Å². The molecule has 92 valence electrons. The zero-order valence-corrected chi connectivity index (χ0v) is 10.7. The summed E-state index contributed by atoms with van der Waals surface area (Å²) in [5, 5.41) is 9.80. The van der Waals surface area contributed by atoms with Gasteiger partial charge in [-0.15, -0.1) is 0 Å². The molecule has 1 aliphatic rings. The van der Waals surface area contributed by atoms with Crippen LogP contribution in [0.25, 0.3) is 0 Å². The minimum Gasteiger partial charge on any atom is -0.450 e. The lowest BCUT2D eigenvalue weighted by molar-refractivity contribution is 0.0567. The summed E-state index contributed by atoms with van der Waals surface area (Å²) in [7, 11) is 3.23. The Hall–Kier alpha value is -0.880. The minimum absolute atomic E-state index is 0.172. The van der Waals surface area contributed by atoms with Crippen LogP contribution >= 0.6 is 21.6 Å². The van der Waals surface area contributed by atoms with E-state index in [2.05, 4.69) is 4.98 Å². The van der Waals surface area contributed by atoms with Crippen LogP contribution in [-0.2, 0) is 4.74 Å². The van der Waals surface area contributed by atoms with Crippen LogP contribution in [0.15, 0.2) is 29.4 Å². The molecular weight excluding hydrogens is 258 g/mol. The van der Waals surface area contributed by atoms with E-state index in [4.69, 9.17) is 9.84 Å². The number of hydrogen-bond donors (Lipinski definition) is 1. The number of pyridine rings is 1. The van der Waals surface area contributed by atoms with E-state index in [1.165, 1.54) is 0 Å². The van der Waals surface area contributed by atoms with Gasteiger partial charge in [0.1, 0.15) is 11.1 Å². The van der Waals surface area contributed by atoms with Crippen LogP contribution in [0.2, 0.25) is 0 Å². The van der Waals surface area contributed by atoms with Crippen molar-refractivity contribution >= 4 is 27.7 Å². The normalized spacial score (nSPS) is 23.5. The molecule has 1 aromatic heterocycles. The lowest BCUT2D eigenvalue weighted by Crippen LogP contribution is -2.22. The van der Waals surface area contributed by atoms with Crippen molar-refractivity contribution in [1.29, 1.82) is 0 Å². The van der Waals surface area contributed by atoms with Crippen molar-refractivity contribution in [2.45, 2.75) is 35.6 Å². The van der Waals surface area contributed by atoms with Crippen molar-refractivity contribution in [1.82, 2.24) is 4.98 Å². The molecule has 6 heteroatoms. The van der Waals surface area contributed by atoms with E-state index in [1.54, 1.807) is 27.8 Å². The molecule has 2 atom stereocenters. The van der Waals surface area contributed by atoms with Crippen LogP contribution in [0.5, 0.6) is 0 Å². The average molecular weight is 271 g/mol. The molecule has 1 aliphatic carbocycles. The van der Waals surface area contributed by atoms with Crippen LogP contribution in [0, 0.1) is 0 Å². The maximum atomic E-state index is 10.5. The number of ether oxygens (including phenoxy) is 1. The van der Waals surface area contributed by atoms with Crippen LogP contribution in [0.3, 0.4) is 0 Å². The summed E-state index contributed by atoms with van der Waals surface area (Å²) in [6.07, 6.45) is 3.26. The zero-order chi connectivity index (χ0) is 12.1. The molecule has 1 fully saturated rings. The molecule has 0 amide bonds. The fraction of sp³-hybridized carbons (Fsp3) is 0.455. The smallest absolute Gasteiger partial charge is 0.450 e. The summed E-state index contributed by atoms with van der Waals surface area (Å²) in [4.78, 5) is 14.7. The second-order valence-electron chi connectivity index (χ2n) is 3.74. The van der Waals surface area contributed by atoms with Gasteiger partial charge in [0, 0.05) is 6.20 Å². The Morgan fingerprint density at radius 3 is 3.06 bits per heavy atom. The number of hydrogen-bond acceptors (Lipinski definition) is 5. The Balaban J connectivity index is 1.84. The van der Waals surface area contributed by atoms with Gasteiger partial charge in [-0.2, -0.15) is 0 Å². The number of rotatable bonds is 4. The highest BCUT2D eigenvalue weighted by Crippen LogP contribution is 2.41. The molecule has 0 spiro atoms. The van der Waals surface area contributed by atoms with E-state index < -0.39 is 6.16 Å². The predicted octanol–water partition coefficient (Wildman–Crippen LogP) is 3.44. The van der Waals surface area contributed by atoms with Gasteiger partial charge >= 0.3 is 6.16 Å². The van der Waals surface area contributed by atoms with E-state index in [0.29, 0.717) is 0 Å². The summed E-state index contributed by atoms with van der Waals surface area (Å²) in [6.45, 7) is 0. The fourth-order valence-corrected chi connectivity index (χ4v) is 4.44. The molecule has 17 heavy (non-hydrogen) atoms. The predicted molar refractivity (Wildman–Crippen MR) is 68.2 cm³/mol. The van der Waals surface area contributed by atoms with E-state index in [0.717, 1.165) is 24.3 Å². The zero-order valence-electron chi connectivity index (χ0n) is 9.11. The minimum atomic E-state index is -1.18. The van der Waals surface area contributed by atoms with Crippen molar-refractivity contribution in [3.8, 4) is 0 Å². The fourth-order valence-electron chi connectivity index (χ4n) is 1.77. The molecule has 0 unspecified atom stereocenters. The van der Waals surface area contributed by atoms with Crippen molar-refractivity contribution in [2.24, 2.45) is 0 Å². The van der Waals surface area contributed by atoms with E-state index >= 15 is 0 Å². The van der Waals surface area contributed by atoms with Crippen LogP contribution in [0.4, 0.5) is 4.79 Å². The summed E-state index contributed by atoms with van der Waals surface area (Å²) in [5.74, 6) is 0. The van der Waals surface area contributed by atoms with Gasteiger partial charge in [0.25, 0.3) is 0 Å². The third-order valence-corrected chi connectivity index (χ3v) is 5.38. The Bertz CT molecular complexity index is 374. The van der Waals surface area contributed by atoms with Gasteiger partial charge in [0.05, 0.1) is 5.25 Å². The molecule has 2 rings (SSSR count). The molecule has 1 aromatic rings. The molecule has 0 aliphatic heterocycles. The van der Waals surface area contributed by atoms with Crippen LogP contribution < -0.4 is 0 Å². The van der Waals surface area contributed by atoms with Gasteiger partial charge in [-0.25, -0.2) is 9.78 Å². The van der Waals surface area contributed by atoms with Gasteiger partial charge in [-0.05, 0) is 42.2 Å². The van der Waals surface area contributed by atoms with Crippen LogP contribution in [0.1, 0.15) is 19.3 Å². The lowest BCUT2D eigenvalue weighted by atomic mass is 10.3. The van der Waals surface area contributed by atoms with Crippen molar-refractivity contribution < 1.29 is 14.6 Å². The molecule has 4 nitrogen and oxygen atoms in total. The summed E-state index contributed by atoms with van der Waals surface area (Å²) in [6, 6.07) is 5.76. The van der Waals surface area contributed by atoms with Gasteiger partial charge < -0.3 is 9.84 Å². The summed E-state index contributed by atoms with van der Waals surface area (Å²) in [5.41, 5.74) is 0. The number of nitrogens with zero attached hydrogens (tertiary/aromatic N) is 1. The molecule has 1 heterocycles. The summed E-state index contributed by atoms with van der Waals surface area (Å²) >= 11 is 0. The first-order valence-corrected chi connectivity index (χ1v) is 7.61. The Morgan fingerprint density at radius 1 is 1.47 bits per heavy atom. The monoisotopic (exact) mass is 271 g/mol. The topological polar surface area (TPSA) is 59.4 Å². The van der Waals surface area contributed by atoms with Gasteiger partial charge in [-0.1, -0.05) is 16.9 Å². The van der Waals surface area contributed by atoms with E-state index in [9.17, 15) is 4.79 Å². The number of carboxylic acid groups (broad SMARTS) is 1. The first kappa shape index (κ1) is 12.6. The Morgan fingerprint density at radius 2 is 2.35 bits per heavy atom. The van der Waals surface area contributed by atoms with Crippen molar-refractivity contribution in [2.75, 3.05) is 0 Å². The maximum absolute atomic E-state index is 10.5. The second-order valence-corrected chi connectivity index (χ2v) is 6.20. The highest BCUT2D eigenvalue weighted by Gasteiger charge is 2.31. The lowest BCUT2D eigenvalue weighted by Gasteiger charge is -2.16. The highest BCUT2D eigenvalue weighted by molar-refractivity contribution is 8.76. The number of carbonyl (C=O) groups is 1. The number of aromatic nitrogens is 1. The van der Waals surface area contributed by atoms with Crippen molar-refractivity contribution in [3.63, 3.8) is 0 Å². The standard InChI is InChI=1S/C11H13NO3S2/c13-11(14)15-8-4-3-5-9(8)16-17-10-6-1-2-7-12-10/h1-2,6-9H,3-5H2,(H,13,14)/t8-,9-/m0/s1. The van der Waals surface area contributed by atoms with Gasteiger partial charge in [0.2, 0.25) is 0 Å². The third kappa shape index (κ3) is 3.81. The summed E-state index contributed by atoms with van der Waals surface area (Å²) < 4.78 is 4.87. The molecule has 1 N–H and O–H groups in total. The average Bonchev–Trinajstić information content (AvgIpc) is 2.74. The second kappa shape index (κ2) is 6.16. The Labute approximate surface area is 108 Å². The molecule has 0 saturated heterocycles. The first-order chi connectivity index (χ1) is 8.25. The molecule has 0 radical (unpaired) electrons. The molecule has 0 aromatic carbocycles. The van der Waals surface area contributed by atoms with Gasteiger partial charge in [-0.3, -0.25) is 0 Å². The highest BCUT2D eigenvalue weighted by atomic mass is 33.1. The third-order valence-electron chi connectivity index (χ3n) is 2.54. The molecule has 1 saturated carbocycles. The Kier molecular flexibility index (Phi) is 4.56. The van der Waals surface area contributed by atoms with E-state index in [1.807, 2.05) is 18.2 Å². The van der Waals surface area contributed by atoms with Gasteiger partial charge in [0.15, 0.2) is 0 Å². The maximum Gasteiger partial charge on any atom is 0.506 e. The molecular formula is C11H13NO3S2. The van der Waals surface area contributed by atoms with E-state index in [-0.39, 0.29) is 11.4 Å². The quantitative estimate of drug-likeness (QED) is 0.668.